The summed E-state index contributed by atoms with van der Waals surface area (Å²) in [6.45, 7) is 15.3. The van der Waals surface area contributed by atoms with Crippen LogP contribution in [0, 0.1) is 10.8 Å². The van der Waals surface area contributed by atoms with Gasteiger partial charge in [-0.3, -0.25) is 9.59 Å². The lowest BCUT2D eigenvalue weighted by Gasteiger charge is -2.21. The molecular weight excluding hydrogens is 416 g/mol. The molecule has 0 radical (unpaired) electrons. The smallest absolute Gasteiger partial charge is 0.311 e. The van der Waals surface area contributed by atoms with Crippen molar-refractivity contribution in [3.8, 4) is 0 Å². The summed E-state index contributed by atoms with van der Waals surface area (Å²) >= 11 is 0. The maximum Gasteiger partial charge on any atom is 0.311 e. The normalized spacial score (nSPS) is 16.0. The van der Waals surface area contributed by atoms with Crippen molar-refractivity contribution in [3.05, 3.63) is 0 Å². The van der Waals surface area contributed by atoms with Gasteiger partial charge in [-0.15, -0.1) is 0 Å². The van der Waals surface area contributed by atoms with Gasteiger partial charge in [-0.2, -0.15) is 0 Å². The van der Waals surface area contributed by atoms with Crippen molar-refractivity contribution in [1.82, 2.24) is 5.32 Å². The molecule has 1 heterocycles. The summed E-state index contributed by atoms with van der Waals surface area (Å²) in [6.07, 6.45) is 1.01. The van der Waals surface area contributed by atoms with Crippen LogP contribution in [-0.4, -0.2) is 81.8 Å². The van der Waals surface area contributed by atoms with Crippen LogP contribution in [0.3, 0.4) is 0 Å². The molecule has 10 nitrogen and oxygen atoms in total. The Morgan fingerprint density at radius 2 is 1.47 bits per heavy atom. The van der Waals surface area contributed by atoms with Crippen LogP contribution < -0.4 is 22.5 Å². The molecule has 0 spiro atoms. The molecule has 8 N–H and O–H groups in total. The first-order valence-corrected chi connectivity index (χ1v) is 11.4. The van der Waals surface area contributed by atoms with Crippen molar-refractivity contribution in [2.75, 3.05) is 52.5 Å². The highest BCUT2D eigenvalue weighted by molar-refractivity contribution is 5.76. The quantitative estimate of drug-likeness (QED) is 0.143. The van der Waals surface area contributed by atoms with Crippen LogP contribution in [0.2, 0.25) is 0 Å². The Morgan fingerprint density at radius 3 is 1.84 bits per heavy atom. The number of rotatable bonds is 13. The van der Waals surface area contributed by atoms with E-state index in [1.165, 1.54) is 0 Å². The van der Waals surface area contributed by atoms with Crippen molar-refractivity contribution in [1.29, 1.82) is 0 Å². The number of hydrogen-bond acceptors (Lipinski definition) is 10. The highest BCUT2D eigenvalue weighted by atomic mass is 16.6. The van der Waals surface area contributed by atoms with E-state index in [-0.39, 0.29) is 30.1 Å². The fourth-order valence-corrected chi connectivity index (χ4v) is 1.61. The van der Waals surface area contributed by atoms with Gasteiger partial charge in [0.2, 0.25) is 0 Å². The number of ether oxygens (including phenoxy) is 3. The first-order valence-electron chi connectivity index (χ1n) is 11.4. The van der Waals surface area contributed by atoms with Gasteiger partial charge in [0.05, 0.1) is 17.4 Å². The Hall–Kier alpha value is -1.30. The summed E-state index contributed by atoms with van der Waals surface area (Å²) in [4.78, 5) is 22.9. The van der Waals surface area contributed by atoms with Crippen molar-refractivity contribution in [3.63, 3.8) is 0 Å². The van der Waals surface area contributed by atoms with Gasteiger partial charge in [0.15, 0.2) is 0 Å². The molecule has 1 aliphatic rings. The lowest BCUT2D eigenvalue weighted by atomic mass is 9.91. The zero-order valence-corrected chi connectivity index (χ0v) is 20.9. The largest absolute Gasteiger partial charge is 0.462 e. The molecule has 0 amide bonds. The molecule has 1 rings (SSSR count). The molecule has 1 saturated heterocycles. The van der Waals surface area contributed by atoms with Crippen LogP contribution in [0.1, 0.15) is 54.4 Å². The second-order valence-electron chi connectivity index (χ2n) is 8.85. The zero-order valence-electron chi connectivity index (χ0n) is 20.9. The maximum atomic E-state index is 11.6. The van der Waals surface area contributed by atoms with E-state index in [0.717, 1.165) is 13.0 Å². The number of nitrogens with two attached hydrogens (primary N) is 3. The molecule has 2 atom stereocenters. The Balaban J connectivity index is 0. The number of hydrogen-bond donors (Lipinski definition) is 5. The average Bonchev–Trinajstić information content (AvgIpc) is 3.61. The summed E-state index contributed by atoms with van der Waals surface area (Å²) in [5.41, 5.74) is 14.3. The van der Waals surface area contributed by atoms with Crippen LogP contribution in [0.15, 0.2) is 0 Å². The van der Waals surface area contributed by atoms with Gasteiger partial charge in [0.1, 0.15) is 25.4 Å². The lowest BCUT2D eigenvalue weighted by Crippen LogP contribution is -2.35. The first kappa shape index (κ1) is 32.9. The van der Waals surface area contributed by atoms with Crippen molar-refractivity contribution >= 4 is 11.9 Å². The number of nitrogens with one attached hydrogen (secondary N) is 1. The summed E-state index contributed by atoms with van der Waals surface area (Å²) < 4.78 is 15.0. The van der Waals surface area contributed by atoms with Gasteiger partial charge in [-0.1, -0.05) is 13.8 Å². The van der Waals surface area contributed by atoms with Crippen molar-refractivity contribution in [2.45, 2.75) is 66.6 Å². The molecule has 0 saturated carbocycles. The van der Waals surface area contributed by atoms with E-state index in [9.17, 15) is 14.7 Å². The molecule has 1 fully saturated rings. The van der Waals surface area contributed by atoms with Gasteiger partial charge in [0, 0.05) is 32.7 Å². The number of aliphatic hydroxyl groups is 1. The minimum absolute atomic E-state index is 0.0276. The molecule has 192 valence electrons. The average molecular weight is 465 g/mol. The van der Waals surface area contributed by atoms with Gasteiger partial charge >= 0.3 is 11.9 Å². The summed E-state index contributed by atoms with van der Waals surface area (Å²) in [7, 11) is 0. The third-order valence-electron chi connectivity index (χ3n) is 4.95. The predicted octanol–water partition coefficient (Wildman–Crippen LogP) is 0.143. The topological polar surface area (TPSA) is 175 Å². The Labute approximate surface area is 193 Å². The highest BCUT2D eigenvalue weighted by Gasteiger charge is 2.30. The molecule has 0 aromatic carbocycles. The Morgan fingerprint density at radius 1 is 1.00 bits per heavy atom. The van der Waals surface area contributed by atoms with Gasteiger partial charge < -0.3 is 41.8 Å². The molecule has 0 aromatic heterocycles. The minimum Gasteiger partial charge on any atom is -0.462 e. The molecule has 0 aromatic rings. The second kappa shape index (κ2) is 18.2. The third kappa shape index (κ3) is 17.3. The SMILES string of the molecule is CCC(C)(C)C(=O)OCC(O)CNCCN.CCC(C)(C)C(=O)OCC1CO1.NCCN. The fraction of sp³-hybridized carbons (Fsp3) is 0.909. The minimum atomic E-state index is -0.678. The first-order chi connectivity index (χ1) is 14.9. The zero-order chi connectivity index (χ0) is 25.2. The molecule has 2 unspecified atom stereocenters. The standard InChI is InChI=1S/C11H24N2O3.C9H16O3.C2H8N2/c1-4-11(2,3)10(15)16-8-9(14)7-13-6-5-12;1-4-9(2,3)8(10)12-6-7-5-11-7;3-1-2-4/h9,13-14H,4-8,12H2,1-3H3;7H,4-6H2,1-3H3;1-4H2. The van der Waals surface area contributed by atoms with Gasteiger partial charge in [-0.05, 0) is 40.5 Å². The van der Waals surface area contributed by atoms with E-state index >= 15 is 0 Å². The fourth-order valence-electron chi connectivity index (χ4n) is 1.61. The molecule has 0 bridgehead atoms. The van der Waals surface area contributed by atoms with Crippen LogP contribution in [0.4, 0.5) is 0 Å². The van der Waals surface area contributed by atoms with Gasteiger partial charge in [-0.25, -0.2) is 0 Å². The van der Waals surface area contributed by atoms with Gasteiger partial charge in [0.25, 0.3) is 0 Å². The number of epoxide rings is 1. The van der Waals surface area contributed by atoms with Crippen molar-refractivity contribution < 1.29 is 28.9 Å². The molecule has 1 aliphatic heterocycles. The van der Waals surface area contributed by atoms with Crippen LogP contribution in [0.25, 0.3) is 0 Å². The van der Waals surface area contributed by atoms with E-state index in [2.05, 4.69) is 5.32 Å². The Bertz CT molecular complexity index is 497. The van der Waals surface area contributed by atoms with E-state index in [1.807, 2.05) is 41.5 Å². The maximum absolute atomic E-state index is 11.6. The molecular formula is C22H48N4O6. The Kier molecular flexibility index (Phi) is 18.7. The van der Waals surface area contributed by atoms with E-state index in [1.54, 1.807) is 0 Å². The van der Waals surface area contributed by atoms with E-state index in [0.29, 0.717) is 45.8 Å². The monoisotopic (exact) mass is 464 g/mol. The van der Waals surface area contributed by atoms with E-state index in [4.69, 9.17) is 31.4 Å². The highest BCUT2D eigenvalue weighted by Crippen LogP contribution is 2.22. The number of carbonyl (C=O) groups excluding carboxylic acids is 2. The number of carbonyl (C=O) groups is 2. The molecule has 10 heteroatoms. The summed E-state index contributed by atoms with van der Waals surface area (Å²) in [5.74, 6) is -0.395. The number of esters is 2. The van der Waals surface area contributed by atoms with Crippen LogP contribution in [-0.2, 0) is 23.8 Å². The summed E-state index contributed by atoms with van der Waals surface area (Å²) in [5, 5.41) is 12.4. The second-order valence-corrected chi connectivity index (χ2v) is 8.85. The van der Waals surface area contributed by atoms with Crippen LogP contribution >= 0.6 is 0 Å². The number of aliphatic hydroxyl groups excluding tert-OH is 1. The van der Waals surface area contributed by atoms with E-state index < -0.39 is 11.5 Å². The third-order valence-corrected chi connectivity index (χ3v) is 4.95. The molecule has 0 aliphatic carbocycles. The predicted molar refractivity (Wildman–Crippen MR) is 126 cm³/mol. The summed E-state index contributed by atoms with van der Waals surface area (Å²) in [6, 6.07) is 0. The lowest BCUT2D eigenvalue weighted by molar-refractivity contribution is -0.157. The van der Waals surface area contributed by atoms with Crippen molar-refractivity contribution in [2.24, 2.45) is 28.0 Å². The molecule has 32 heavy (non-hydrogen) atoms. The van der Waals surface area contributed by atoms with Crippen LogP contribution in [0.5, 0.6) is 0 Å².